The summed E-state index contributed by atoms with van der Waals surface area (Å²) in [5, 5.41) is 0. The Balaban J connectivity index is 1.53. The first-order valence-electron chi connectivity index (χ1n) is 9.38. The van der Waals surface area contributed by atoms with Gasteiger partial charge in [-0.1, -0.05) is 18.2 Å². The zero-order valence-electron chi connectivity index (χ0n) is 15.3. The third-order valence-electron chi connectivity index (χ3n) is 5.29. The van der Waals surface area contributed by atoms with Crippen LogP contribution in [0, 0.1) is 0 Å². The molecule has 2 aromatic rings. The van der Waals surface area contributed by atoms with Crippen molar-refractivity contribution in [1.29, 1.82) is 0 Å². The van der Waals surface area contributed by atoms with Gasteiger partial charge >= 0.3 is 0 Å². The highest BCUT2D eigenvalue weighted by Crippen LogP contribution is 2.30. The summed E-state index contributed by atoms with van der Waals surface area (Å²) in [6, 6.07) is 11.0. The van der Waals surface area contributed by atoms with E-state index < -0.39 is 0 Å². The molecule has 1 unspecified atom stereocenters. The summed E-state index contributed by atoms with van der Waals surface area (Å²) in [5.41, 5.74) is 1.27. The first-order chi connectivity index (χ1) is 12.8. The van der Waals surface area contributed by atoms with Gasteiger partial charge in [-0.15, -0.1) is 0 Å². The van der Waals surface area contributed by atoms with Crippen LogP contribution in [0.25, 0.3) is 0 Å². The second-order valence-electron chi connectivity index (χ2n) is 6.84. The Morgan fingerprint density at radius 2 is 1.92 bits per heavy atom. The quantitative estimate of drug-likeness (QED) is 0.805. The minimum absolute atomic E-state index is 0.464. The fourth-order valence-corrected chi connectivity index (χ4v) is 4.84. The van der Waals surface area contributed by atoms with Crippen molar-refractivity contribution in [2.45, 2.75) is 25.3 Å². The lowest BCUT2D eigenvalue weighted by atomic mass is 10.0. The van der Waals surface area contributed by atoms with Gasteiger partial charge in [0.1, 0.15) is 23.7 Å². The fraction of sp³-hybridized carbons (Fsp3) is 0.500. The first kappa shape index (κ1) is 17.5. The summed E-state index contributed by atoms with van der Waals surface area (Å²) in [6.07, 6.45) is 5.12. The minimum Gasteiger partial charge on any atom is -0.496 e. The molecule has 2 aliphatic heterocycles. The lowest BCUT2D eigenvalue weighted by Crippen LogP contribution is -2.34. The molecular weight excluding hydrogens is 344 g/mol. The number of aromatic nitrogens is 2. The predicted octanol–water partition coefficient (Wildman–Crippen LogP) is 3.25. The van der Waals surface area contributed by atoms with Gasteiger partial charge in [-0.3, -0.25) is 0 Å². The summed E-state index contributed by atoms with van der Waals surface area (Å²) in [4.78, 5) is 14.0. The summed E-state index contributed by atoms with van der Waals surface area (Å²) >= 11 is 2.02. The number of nitrogens with zero attached hydrogens (tertiary/aromatic N) is 4. The second kappa shape index (κ2) is 8.16. The molecule has 3 heterocycles. The highest BCUT2D eigenvalue weighted by atomic mass is 32.2. The smallest absolute Gasteiger partial charge is 0.134 e. The third kappa shape index (κ3) is 3.75. The molecule has 2 fully saturated rings. The molecule has 0 bridgehead atoms. The molecule has 1 atom stereocenters. The van der Waals surface area contributed by atoms with Gasteiger partial charge in [0.25, 0.3) is 0 Å². The van der Waals surface area contributed by atoms with Gasteiger partial charge < -0.3 is 14.5 Å². The average Bonchev–Trinajstić information content (AvgIpc) is 3.17. The molecule has 5 nitrogen and oxygen atoms in total. The Bertz CT molecular complexity index is 735. The third-order valence-corrected chi connectivity index (χ3v) is 6.24. The maximum atomic E-state index is 5.54. The first-order valence-corrected chi connectivity index (χ1v) is 10.5. The topological polar surface area (TPSA) is 41.5 Å². The number of anilines is 2. The van der Waals surface area contributed by atoms with E-state index in [4.69, 9.17) is 4.74 Å². The van der Waals surface area contributed by atoms with Crippen LogP contribution in [0.3, 0.4) is 0 Å². The van der Waals surface area contributed by atoms with Crippen molar-refractivity contribution in [3.63, 3.8) is 0 Å². The Kier molecular flexibility index (Phi) is 5.48. The standard InChI is InChI=1S/C20H26N4OS/c1-25-18-7-3-2-5-16(18)13-17-6-4-8-24(17)20-14-19(21-15-22-20)23-9-11-26-12-10-23/h2-3,5,7,14-15,17H,4,6,8-13H2,1H3. The summed E-state index contributed by atoms with van der Waals surface area (Å²) in [7, 11) is 1.75. The van der Waals surface area contributed by atoms with E-state index in [2.05, 4.69) is 38.0 Å². The molecule has 0 radical (unpaired) electrons. The minimum atomic E-state index is 0.464. The molecule has 0 aliphatic carbocycles. The van der Waals surface area contributed by atoms with Crippen LogP contribution in [-0.2, 0) is 6.42 Å². The van der Waals surface area contributed by atoms with E-state index >= 15 is 0 Å². The van der Waals surface area contributed by atoms with Crippen LogP contribution in [0.2, 0.25) is 0 Å². The summed E-state index contributed by atoms with van der Waals surface area (Å²) in [5.74, 6) is 5.47. The van der Waals surface area contributed by atoms with Crippen molar-refractivity contribution in [2.75, 3.05) is 48.0 Å². The fourth-order valence-electron chi connectivity index (χ4n) is 3.93. The lowest BCUT2D eigenvalue weighted by molar-refractivity contribution is 0.408. The van der Waals surface area contributed by atoms with E-state index in [-0.39, 0.29) is 0 Å². The van der Waals surface area contributed by atoms with Gasteiger partial charge in [0, 0.05) is 43.2 Å². The molecule has 6 heteroatoms. The second-order valence-corrected chi connectivity index (χ2v) is 8.06. The number of ether oxygens (including phenoxy) is 1. The molecule has 0 saturated carbocycles. The van der Waals surface area contributed by atoms with E-state index in [1.807, 2.05) is 23.9 Å². The normalized spacial score (nSPS) is 20.4. The molecule has 2 aliphatic rings. The van der Waals surface area contributed by atoms with Gasteiger partial charge in [-0.05, 0) is 30.9 Å². The van der Waals surface area contributed by atoms with Crippen molar-refractivity contribution in [2.24, 2.45) is 0 Å². The molecule has 26 heavy (non-hydrogen) atoms. The Morgan fingerprint density at radius 1 is 1.12 bits per heavy atom. The average molecular weight is 371 g/mol. The number of methoxy groups -OCH3 is 1. The maximum absolute atomic E-state index is 5.54. The van der Waals surface area contributed by atoms with Crippen molar-refractivity contribution in [3.8, 4) is 5.75 Å². The van der Waals surface area contributed by atoms with E-state index in [0.717, 1.165) is 43.4 Å². The number of rotatable bonds is 5. The molecule has 0 spiro atoms. The molecule has 0 amide bonds. The number of benzene rings is 1. The van der Waals surface area contributed by atoms with Crippen molar-refractivity contribution in [3.05, 3.63) is 42.2 Å². The summed E-state index contributed by atoms with van der Waals surface area (Å²) < 4.78 is 5.54. The van der Waals surface area contributed by atoms with Crippen molar-refractivity contribution in [1.82, 2.24) is 9.97 Å². The molecular formula is C20H26N4OS. The van der Waals surface area contributed by atoms with Gasteiger partial charge in [-0.25, -0.2) is 9.97 Å². The molecule has 2 saturated heterocycles. The van der Waals surface area contributed by atoms with Crippen LogP contribution in [0.15, 0.2) is 36.7 Å². The zero-order chi connectivity index (χ0) is 17.8. The van der Waals surface area contributed by atoms with Crippen LogP contribution < -0.4 is 14.5 Å². The highest BCUT2D eigenvalue weighted by molar-refractivity contribution is 7.99. The molecule has 0 N–H and O–H groups in total. The van der Waals surface area contributed by atoms with E-state index in [1.54, 1.807) is 13.4 Å². The summed E-state index contributed by atoms with van der Waals surface area (Å²) in [6.45, 7) is 3.21. The Hall–Kier alpha value is -1.95. The largest absolute Gasteiger partial charge is 0.496 e. The molecule has 1 aromatic heterocycles. The van der Waals surface area contributed by atoms with Gasteiger partial charge in [0.05, 0.1) is 7.11 Å². The monoisotopic (exact) mass is 370 g/mol. The van der Waals surface area contributed by atoms with Crippen molar-refractivity contribution >= 4 is 23.4 Å². The van der Waals surface area contributed by atoms with Gasteiger partial charge in [0.2, 0.25) is 0 Å². The lowest BCUT2D eigenvalue weighted by Gasteiger charge is -2.30. The van der Waals surface area contributed by atoms with Crippen LogP contribution in [0.1, 0.15) is 18.4 Å². The highest BCUT2D eigenvalue weighted by Gasteiger charge is 2.27. The SMILES string of the molecule is COc1ccccc1CC1CCCN1c1cc(N2CCSCC2)ncn1. The van der Waals surface area contributed by atoms with Crippen molar-refractivity contribution < 1.29 is 4.74 Å². The number of para-hydroxylation sites is 1. The van der Waals surface area contributed by atoms with E-state index in [9.17, 15) is 0 Å². The van der Waals surface area contributed by atoms with Gasteiger partial charge in [0.15, 0.2) is 0 Å². The maximum Gasteiger partial charge on any atom is 0.134 e. The Morgan fingerprint density at radius 3 is 2.77 bits per heavy atom. The molecule has 4 rings (SSSR count). The number of thioether (sulfide) groups is 1. The van der Waals surface area contributed by atoms with Crippen LogP contribution in [0.4, 0.5) is 11.6 Å². The molecule has 1 aromatic carbocycles. The molecule has 138 valence electrons. The predicted molar refractivity (Wildman–Crippen MR) is 109 cm³/mol. The number of hydrogen-bond acceptors (Lipinski definition) is 6. The Labute approximate surface area is 159 Å². The van der Waals surface area contributed by atoms with Crippen LogP contribution in [-0.4, -0.2) is 54.3 Å². The van der Waals surface area contributed by atoms with Crippen LogP contribution >= 0.6 is 11.8 Å². The van der Waals surface area contributed by atoms with Crippen LogP contribution in [0.5, 0.6) is 5.75 Å². The van der Waals surface area contributed by atoms with Gasteiger partial charge in [-0.2, -0.15) is 11.8 Å². The number of hydrogen-bond donors (Lipinski definition) is 0. The zero-order valence-corrected chi connectivity index (χ0v) is 16.1. The van der Waals surface area contributed by atoms with E-state index in [1.165, 1.54) is 29.9 Å². The van der Waals surface area contributed by atoms with E-state index in [0.29, 0.717) is 6.04 Å².